The van der Waals surface area contributed by atoms with Crippen molar-refractivity contribution < 1.29 is 4.39 Å². The molecule has 17 heavy (non-hydrogen) atoms. The van der Waals surface area contributed by atoms with E-state index in [4.69, 9.17) is 5.73 Å². The first kappa shape index (κ1) is 12.4. The first-order chi connectivity index (χ1) is 8.15. The van der Waals surface area contributed by atoms with E-state index in [1.54, 1.807) is 6.07 Å². The van der Waals surface area contributed by atoms with E-state index in [2.05, 4.69) is 11.8 Å². The molecule has 0 amide bonds. The molecule has 1 atom stereocenters. The van der Waals surface area contributed by atoms with Gasteiger partial charge in [-0.05, 0) is 56.0 Å². The summed E-state index contributed by atoms with van der Waals surface area (Å²) in [6.45, 7) is 5.41. The van der Waals surface area contributed by atoms with Crippen molar-refractivity contribution in [1.29, 1.82) is 0 Å². The van der Waals surface area contributed by atoms with E-state index in [0.717, 1.165) is 31.1 Å². The molecule has 0 aliphatic carbocycles. The van der Waals surface area contributed by atoms with Gasteiger partial charge < -0.3 is 5.73 Å². The highest BCUT2D eigenvalue weighted by Crippen LogP contribution is 2.20. The first-order valence-electron chi connectivity index (χ1n) is 6.41. The lowest BCUT2D eigenvalue weighted by molar-refractivity contribution is 0.274. The van der Waals surface area contributed by atoms with Crippen LogP contribution in [0.1, 0.15) is 31.7 Å². The highest BCUT2D eigenvalue weighted by Gasteiger charge is 2.14. The van der Waals surface area contributed by atoms with Gasteiger partial charge >= 0.3 is 0 Å². The van der Waals surface area contributed by atoms with Gasteiger partial charge in [0.25, 0.3) is 0 Å². The summed E-state index contributed by atoms with van der Waals surface area (Å²) < 4.78 is 12.9. The lowest BCUT2D eigenvalue weighted by atomic mass is 10.0. The van der Waals surface area contributed by atoms with Gasteiger partial charge in [-0.25, -0.2) is 4.39 Å². The van der Waals surface area contributed by atoms with Crippen molar-refractivity contribution in [3.63, 3.8) is 0 Å². The Kier molecular flexibility index (Phi) is 4.00. The predicted molar refractivity (Wildman–Crippen MR) is 69.1 cm³/mol. The summed E-state index contributed by atoms with van der Waals surface area (Å²) in [5.41, 5.74) is 7.45. The van der Waals surface area contributed by atoms with Gasteiger partial charge in [0.2, 0.25) is 0 Å². The molecular formula is C14H21FN2. The Labute approximate surface area is 103 Å². The van der Waals surface area contributed by atoms with Crippen LogP contribution < -0.4 is 5.73 Å². The van der Waals surface area contributed by atoms with Crippen molar-refractivity contribution in [2.24, 2.45) is 5.92 Å². The van der Waals surface area contributed by atoms with Crippen LogP contribution in [0.3, 0.4) is 0 Å². The highest BCUT2D eigenvalue weighted by molar-refractivity contribution is 5.46. The van der Waals surface area contributed by atoms with Gasteiger partial charge in [0, 0.05) is 12.2 Å². The number of nitrogens with two attached hydrogens (primary N) is 1. The van der Waals surface area contributed by atoms with Crippen LogP contribution in [-0.2, 0) is 6.54 Å². The number of rotatable bonds is 2. The molecule has 1 heterocycles. The number of likely N-dealkylation sites (tertiary alicyclic amines) is 1. The quantitative estimate of drug-likeness (QED) is 0.800. The zero-order valence-electron chi connectivity index (χ0n) is 10.5. The maximum Gasteiger partial charge on any atom is 0.125 e. The third-order valence-corrected chi connectivity index (χ3v) is 3.61. The fourth-order valence-corrected chi connectivity index (χ4v) is 2.43. The Morgan fingerprint density at radius 3 is 2.94 bits per heavy atom. The molecule has 1 aromatic rings. The monoisotopic (exact) mass is 236 g/mol. The van der Waals surface area contributed by atoms with E-state index < -0.39 is 0 Å². The summed E-state index contributed by atoms with van der Waals surface area (Å²) in [6, 6.07) is 4.71. The SMILES string of the molecule is CC1CCCN(Cc2ccc(F)cc2N)CC1. The van der Waals surface area contributed by atoms with Crippen molar-refractivity contribution in [3.05, 3.63) is 29.6 Å². The second-order valence-electron chi connectivity index (χ2n) is 5.16. The number of anilines is 1. The van der Waals surface area contributed by atoms with Gasteiger partial charge in [0.1, 0.15) is 5.82 Å². The molecule has 2 rings (SSSR count). The topological polar surface area (TPSA) is 29.3 Å². The molecule has 0 aromatic heterocycles. The summed E-state index contributed by atoms with van der Waals surface area (Å²) in [5, 5.41) is 0. The predicted octanol–water partition coefficient (Wildman–Crippen LogP) is 3.03. The molecule has 3 heteroatoms. The van der Waals surface area contributed by atoms with Crippen LogP contribution in [0.5, 0.6) is 0 Å². The van der Waals surface area contributed by atoms with Crippen molar-refractivity contribution in [1.82, 2.24) is 4.90 Å². The van der Waals surface area contributed by atoms with E-state index in [0.29, 0.717) is 5.69 Å². The number of hydrogen-bond acceptors (Lipinski definition) is 2. The summed E-state index contributed by atoms with van der Waals surface area (Å²) >= 11 is 0. The normalized spacial score (nSPS) is 22.4. The highest BCUT2D eigenvalue weighted by atomic mass is 19.1. The minimum Gasteiger partial charge on any atom is -0.398 e. The standard InChI is InChI=1S/C14H21FN2/c1-11-3-2-7-17(8-6-11)10-12-4-5-13(15)9-14(12)16/h4-5,9,11H,2-3,6-8,10,16H2,1H3. The van der Waals surface area contributed by atoms with Gasteiger partial charge in [0.15, 0.2) is 0 Å². The van der Waals surface area contributed by atoms with Gasteiger partial charge in [0.05, 0.1) is 0 Å². The van der Waals surface area contributed by atoms with Gasteiger partial charge in [-0.2, -0.15) is 0 Å². The van der Waals surface area contributed by atoms with Crippen LogP contribution in [0.4, 0.5) is 10.1 Å². The fourth-order valence-electron chi connectivity index (χ4n) is 2.43. The summed E-state index contributed by atoms with van der Waals surface area (Å²) in [7, 11) is 0. The molecule has 1 unspecified atom stereocenters. The van der Waals surface area contributed by atoms with Crippen molar-refractivity contribution >= 4 is 5.69 Å². The van der Waals surface area contributed by atoms with E-state index in [1.165, 1.54) is 31.4 Å². The van der Waals surface area contributed by atoms with E-state index in [1.807, 2.05) is 0 Å². The largest absolute Gasteiger partial charge is 0.398 e. The minimum absolute atomic E-state index is 0.254. The Morgan fingerprint density at radius 2 is 2.18 bits per heavy atom. The maximum atomic E-state index is 12.9. The fraction of sp³-hybridized carbons (Fsp3) is 0.571. The number of halogens is 1. The Hall–Kier alpha value is -1.09. The second-order valence-corrected chi connectivity index (χ2v) is 5.16. The Bertz CT molecular complexity index is 378. The van der Waals surface area contributed by atoms with Crippen LogP contribution in [-0.4, -0.2) is 18.0 Å². The molecule has 2 nitrogen and oxygen atoms in total. The Morgan fingerprint density at radius 1 is 1.35 bits per heavy atom. The number of nitrogen functional groups attached to an aromatic ring is 1. The number of hydrogen-bond donors (Lipinski definition) is 1. The van der Waals surface area contributed by atoms with Crippen molar-refractivity contribution in [2.45, 2.75) is 32.7 Å². The zero-order chi connectivity index (χ0) is 12.3. The molecule has 1 saturated heterocycles. The number of nitrogens with zero attached hydrogens (tertiary/aromatic N) is 1. The number of benzene rings is 1. The van der Waals surface area contributed by atoms with Crippen LogP contribution >= 0.6 is 0 Å². The van der Waals surface area contributed by atoms with Gasteiger partial charge in [-0.15, -0.1) is 0 Å². The summed E-state index contributed by atoms with van der Waals surface area (Å²) in [6.07, 6.45) is 3.82. The second kappa shape index (κ2) is 5.50. The summed E-state index contributed by atoms with van der Waals surface area (Å²) in [5.74, 6) is 0.571. The third-order valence-electron chi connectivity index (χ3n) is 3.61. The lowest BCUT2D eigenvalue weighted by Crippen LogP contribution is -2.24. The minimum atomic E-state index is -0.254. The molecule has 1 aliphatic heterocycles. The van der Waals surface area contributed by atoms with Gasteiger partial charge in [-0.1, -0.05) is 13.0 Å². The summed E-state index contributed by atoms with van der Waals surface area (Å²) in [4.78, 5) is 2.42. The Balaban J connectivity index is 2.00. The first-order valence-corrected chi connectivity index (χ1v) is 6.41. The van der Waals surface area contributed by atoms with Gasteiger partial charge in [-0.3, -0.25) is 4.90 Å². The maximum absolute atomic E-state index is 12.9. The molecule has 0 spiro atoms. The zero-order valence-corrected chi connectivity index (χ0v) is 10.5. The van der Waals surface area contributed by atoms with Crippen molar-refractivity contribution in [3.8, 4) is 0 Å². The van der Waals surface area contributed by atoms with E-state index >= 15 is 0 Å². The van der Waals surface area contributed by atoms with Crippen LogP contribution in [0, 0.1) is 11.7 Å². The smallest absolute Gasteiger partial charge is 0.125 e. The van der Waals surface area contributed by atoms with E-state index in [9.17, 15) is 4.39 Å². The third kappa shape index (κ3) is 3.43. The average Bonchev–Trinajstić information content (AvgIpc) is 2.48. The molecule has 94 valence electrons. The molecule has 1 aliphatic rings. The lowest BCUT2D eigenvalue weighted by Gasteiger charge is -2.20. The van der Waals surface area contributed by atoms with Crippen LogP contribution in [0.25, 0.3) is 0 Å². The van der Waals surface area contributed by atoms with E-state index in [-0.39, 0.29) is 5.82 Å². The molecule has 0 bridgehead atoms. The van der Waals surface area contributed by atoms with Crippen molar-refractivity contribution in [2.75, 3.05) is 18.8 Å². The van der Waals surface area contributed by atoms with Crippen LogP contribution in [0.2, 0.25) is 0 Å². The molecular weight excluding hydrogens is 215 g/mol. The molecule has 0 saturated carbocycles. The molecule has 2 N–H and O–H groups in total. The molecule has 1 aromatic carbocycles. The average molecular weight is 236 g/mol. The molecule has 1 fully saturated rings. The van der Waals surface area contributed by atoms with Crippen LogP contribution in [0.15, 0.2) is 18.2 Å². The molecule has 0 radical (unpaired) electrons.